The lowest BCUT2D eigenvalue weighted by molar-refractivity contribution is -0.142. The van der Waals surface area contributed by atoms with Gasteiger partial charge >= 0.3 is 5.97 Å². The van der Waals surface area contributed by atoms with E-state index in [1.165, 1.54) is 36.0 Å². The van der Waals surface area contributed by atoms with E-state index in [1.54, 1.807) is 6.08 Å². The highest BCUT2D eigenvalue weighted by Crippen LogP contribution is 2.40. The number of carbonyl (C=O) groups is 1. The molecule has 1 rings (SSSR count). The van der Waals surface area contributed by atoms with Crippen molar-refractivity contribution in [2.75, 3.05) is 0 Å². The van der Waals surface area contributed by atoms with Gasteiger partial charge in [0.15, 0.2) is 0 Å². The third-order valence-electron chi connectivity index (χ3n) is 5.01. The molecule has 1 unspecified atom stereocenters. The van der Waals surface area contributed by atoms with E-state index in [2.05, 4.69) is 45.9 Å². The van der Waals surface area contributed by atoms with Gasteiger partial charge in [0.2, 0.25) is 0 Å². The summed E-state index contributed by atoms with van der Waals surface area (Å²) in [6.45, 7) is 14.8. The molecule has 0 aromatic carbocycles. The van der Waals surface area contributed by atoms with Gasteiger partial charge in [-0.1, -0.05) is 62.3 Å². The number of rotatable bonds is 7. The van der Waals surface area contributed by atoms with Gasteiger partial charge in [-0.05, 0) is 69.9 Å². The standard InChI is InChI=1S/C24H36O2/c1-8-21(5)26-23(25)17-19(3)12-9-11-18(2)14-15-22-20(4)13-10-16-24(22,6)7/h9,11-12,14-15,17,21H,8,10,13,16H2,1-7H3/b12-9+,15-14+,18-11+,19-17+. The van der Waals surface area contributed by atoms with Gasteiger partial charge in [-0.15, -0.1) is 0 Å². The van der Waals surface area contributed by atoms with Crippen LogP contribution in [-0.2, 0) is 9.53 Å². The second-order valence-corrected chi connectivity index (χ2v) is 8.08. The van der Waals surface area contributed by atoms with Crippen LogP contribution in [0.5, 0.6) is 0 Å². The van der Waals surface area contributed by atoms with Crippen LogP contribution >= 0.6 is 0 Å². The highest BCUT2D eigenvalue weighted by molar-refractivity contribution is 5.83. The molecule has 0 fully saturated rings. The summed E-state index contributed by atoms with van der Waals surface area (Å²) in [5.41, 5.74) is 5.34. The minimum absolute atomic E-state index is 0.0374. The lowest BCUT2D eigenvalue weighted by Gasteiger charge is -2.32. The van der Waals surface area contributed by atoms with E-state index in [9.17, 15) is 4.79 Å². The monoisotopic (exact) mass is 356 g/mol. The minimum atomic E-state index is -0.274. The molecule has 0 N–H and O–H groups in total. The van der Waals surface area contributed by atoms with Crippen LogP contribution in [0.3, 0.4) is 0 Å². The Kier molecular flexibility index (Phi) is 8.84. The third kappa shape index (κ3) is 7.59. The van der Waals surface area contributed by atoms with Crippen molar-refractivity contribution in [3.63, 3.8) is 0 Å². The summed E-state index contributed by atoms with van der Waals surface area (Å²) in [4.78, 5) is 11.7. The first-order valence-electron chi connectivity index (χ1n) is 9.78. The van der Waals surface area contributed by atoms with Gasteiger partial charge in [0.25, 0.3) is 0 Å². The molecule has 0 aromatic heterocycles. The Labute approximate surface area is 160 Å². The van der Waals surface area contributed by atoms with E-state index in [0.29, 0.717) is 0 Å². The van der Waals surface area contributed by atoms with Crippen LogP contribution in [0.15, 0.2) is 58.7 Å². The zero-order chi connectivity index (χ0) is 19.7. The molecule has 0 aromatic rings. The van der Waals surface area contributed by atoms with E-state index in [-0.39, 0.29) is 17.5 Å². The molecule has 1 aliphatic carbocycles. The van der Waals surface area contributed by atoms with Gasteiger partial charge in [-0.2, -0.15) is 0 Å². The van der Waals surface area contributed by atoms with Crippen molar-refractivity contribution in [1.82, 2.24) is 0 Å². The molecular formula is C24H36O2. The summed E-state index contributed by atoms with van der Waals surface area (Å²) >= 11 is 0. The van der Waals surface area contributed by atoms with E-state index in [4.69, 9.17) is 4.74 Å². The molecule has 2 heteroatoms. The Morgan fingerprint density at radius 3 is 2.54 bits per heavy atom. The molecule has 0 bridgehead atoms. The first-order chi connectivity index (χ1) is 12.2. The van der Waals surface area contributed by atoms with Crippen molar-refractivity contribution in [3.05, 3.63) is 58.7 Å². The van der Waals surface area contributed by atoms with Crippen LogP contribution in [0.1, 0.15) is 74.1 Å². The van der Waals surface area contributed by atoms with Gasteiger partial charge < -0.3 is 4.74 Å². The van der Waals surface area contributed by atoms with Gasteiger partial charge in [0, 0.05) is 6.08 Å². The smallest absolute Gasteiger partial charge is 0.331 e. The molecule has 0 spiro atoms. The Balaban J connectivity index is 2.70. The largest absolute Gasteiger partial charge is 0.460 e. The maximum absolute atomic E-state index is 11.7. The van der Waals surface area contributed by atoms with Gasteiger partial charge in [-0.25, -0.2) is 4.79 Å². The van der Waals surface area contributed by atoms with Crippen LogP contribution in [0.2, 0.25) is 0 Å². The van der Waals surface area contributed by atoms with Crippen molar-refractivity contribution >= 4 is 5.97 Å². The summed E-state index contributed by atoms with van der Waals surface area (Å²) in [5.74, 6) is -0.274. The van der Waals surface area contributed by atoms with Crippen LogP contribution in [0, 0.1) is 5.41 Å². The molecule has 144 valence electrons. The topological polar surface area (TPSA) is 26.3 Å². The van der Waals surface area contributed by atoms with Crippen LogP contribution in [-0.4, -0.2) is 12.1 Å². The Morgan fingerprint density at radius 1 is 1.23 bits per heavy atom. The predicted molar refractivity (Wildman–Crippen MR) is 112 cm³/mol. The summed E-state index contributed by atoms with van der Waals surface area (Å²) in [6, 6.07) is 0. The molecule has 26 heavy (non-hydrogen) atoms. The Morgan fingerprint density at radius 2 is 1.92 bits per heavy atom. The summed E-state index contributed by atoms with van der Waals surface area (Å²) in [7, 11) is 0. The van der Waals surface area contributed by atoms with Crippen molar-refractivity contribution in [3.8, 4) is 0 Å². The Hall–Kier alpha value is -1.83. The fraction of sp³-hybridized carbons (Fsp3) is 0.542. The molecule has 0 saturated heterocycles. The molecular weight excluding hydrogens is 320 g/mol. The highest BCUT2D eigenvalue weighted by atomic mass is 16.5. The highest BCUT2D eigenvalue weighted by Gasteiger charge is 2.26. The van der Waals surface area contributed by atoms with Gasteiger partial charge in [0.1, 0.15) is 0 Å². The van der Waals surface area contributed by atoms with E-state index < -0.39 is 0 Å². The SMILES string of the molecule is CCC(C)OC(=O)/C=C(C)/C=C/C=C(C)/C=C/C1=C(C)CCCC1(C)C. The van der Waals surface area contributed by atoms with Crippen molar-refractivity contribution in [2.24, 2.45) is 5.41 Å². The fourth-order valence-corrected chi connectivity index (χ4v) is 3.18. The third-order valence-corrected chi connectivity index (χ3v) is 5.01. The zero-order valence-corrected chi connectivity index (χ0v) is 17.7. The van der Waals surface area contributed by atoms with Crippen LogP contribution in [0.25, 0.3) is 0 Å². The fourth-order valence-electron chi connectivity index (χ4n) is 3.18. The predicted octanol–water partition coefficient (Wildman–Crippen LogP) is 6.86. The number of carbonyl (C=O) groups excluding carboxylic acids is 1. The minimum Gasteiger partial charge on any atom is -0.460 e. The quantitative estimate of drug-likeness (QED) is 0.283. The van der Waals surface area contributed by atoms with E-state index in [1.807, 2.05) is 32.9 Å². The lowest BCUT2D eigenvalue weighted by atomic mass is 9.72. The maximum Gasteiger partial charge on any atom is 0.331 e. The van der Waals surface area contributed by atoms with Crippen molar-refractivity contribution < 1.29 is 9.53 Å². The van der Waals surface area contributed by atoms with E-state index >= 15 is 0 Å². The first kappa shape index (κ1) is 22.2. The summed E-state index contributed by atoms with van der Waals surface area (Å²) in [5, 5.41) is 0. The number of esters is 1. The van der Waals surface area contributed by atoms with Crippen molar-refractivity contribution in [2.45, 2.75) is 80.3 Å². The average Bonchev–Trinajstić information content (AvgIpc) is 2.53. The lowest BCUT2D eigenvalue weighted by Crippen LogP contribution is -2.19. The normalized spacial score (nSPS) is 20.1. The maximum atomic E-state index is 11.7. The van der Waals surface area contributed by atoms with Gasteiger partial charge in [0.05, 0.1) is 6.10 Å². The molecule has 0 aliphatic heterocycles. The second kappa shape index (κ2) is 10.4. The summed E-state index contributed by atoms with van der Waals surface area (Å²) in [6.07, 6.45) is 16.5. The molecule has 1 atom stereocenters. The van der Waals surface area contributed by atoms with Crippen molar-refractivity contribution in [1.29, 1.82) is 0 Å². The number of ether oxygens (including phenoxy) is 1. The second-order valence-electron chi connectivity index (χ2n) is 8.08. The molecule has 2 nitrogen and oxygen atoms in total. The molecule has 0 amide bonds. The van der Waals surface area contributed by atoms with Gasteiger partial charge in [-0.3, -0.25) is 0 Å². The number of allylic oxidation sites excluding steroid dienone is 9. The number of hydrogen-bond acceptors (Lipinski definition) is 2. The number of hydrogen-bond donors (Lipinski definition) is 0. The zero-order valence-electron chi connectivity index (χ0n) is 17.7. The summed E-state index contributed by atoms with van der Waals surface area (Å²) < 4.78 is 5.25. The Bertz CT molecular complexity index is 639. The molecule has 0 radical (unpaired) electrons. The van der Waals surface area contributed by atoms with E-state index in [0.717, 1.165) is 12.0 Å². The van der Waals surface area contributed by atoms with Crippen LogP contribution in [0.4, 0.5) is 0 Å². The molecule has 0 heterocycles. The molecule has 1 aliphatic rings. The average molecular weight is 357 g/mol. The molecule has 0 saturated carbocycles. The first-order valence-corrected chi connectivity index (χ1v) is 9.78. The van der Waals surface area contributed by atoms with Crippen LogP contribution < -0.4 is 0 Å².